The van der Waals surface area contributed by atoms with Gasteiger partial charge in [0, 0.05) is 12.7 Å². The number of carbonyl (C=O) groups excluding carboxylic acids is 2. The zero-order valence-corrected chi connectivity index (χ0v) is 13.0. The molecule has 0 unspecified atom stereocenters. The number of imidazole rings is 1. The van der Waals surface area contributed by atoms with Crippen LogP contribution in [0.15, 0.2) is 23.5 Å². The van der Waals surface area contributed by atoms with Crippen LogP contribution in [0.25, 0.3) is 11.5 Å². The highest BCUT2D eigenvalue weighted by Gasteiger charge is 2.28. The Morgan fingerprint density at radius 1 is 1.32 bits per heavy atom. The number of aryl methyl sites for hydroxylation is 1. The molecule has 3 amide bonds. The minimum Gasteiger partial charge on any atom is -0.331 e. The van der Waals surface area contributed by atoms with Crippen LogP contribution in [0.4, 0.5) is 4.79 Å². The predicted octanol–water partition coefficient (Wildman–Crippen LogP) is 1.48. The number of nitrogens with zero attached hydrogens (tertiary/aromatic N) is 3. The van der Waals surface area contributed by atoms with E-state index >= 15 is 0 Å². The molecule has 0 aromatic heterocycles. The summed E-state index contributed by atoms with van der Waals surface area (Å²) in [4.78, 5) is 31.4. The zero-order valence-electron chi connectivity index (χ0n) is 12.2. The highest BCUT2D eigenvalue weighted by Crippen LogP contribution is 2.23. The lowest BCUT2D eigenvalue weighted by atomic mass is 10.1. The van der Waals surface area contributed by atoms with Gasteiger partial charge >= 0.3 is 6.03 Å². The third-order valence-electron chi connectivity index (χ3n) is 3.62. The van der Waals surface area contributed by atoms with Crippen LogP contribution in [0.5, 0.6) is 0 Å². The number of amides is 3. The van der Waals surface area contributed by atoms with Crippen LogP contribution in [0.2, 0.25) is 0 Å². The number of nitrogens with one attached hydrogen (secondary N) is 2. The van der Waals surface area contributed by atoms with Crippen molar-refractivity contribution in [1.82, 2.24) is 25.2 Å². The molecular formula is C14H17N5O2S. The van der Waals surface area contributed by atoms with E-state index < -0.39 is 12.1 Å². The number of carbonyl (C=O) groups is 2. The number of hydrogen-bond acceptors (Lipinski definition) is 5. The SMILES string of the molecule is CSc1nc2cccn(CCCC[C@@H]3NC(=O)NC3=O)c-2n1. The number of unbranched alkanes of at least 4 members (excludes halogenated alkanes) is 1. The van der Waals surface area contributed by atoms with Crippen molar-refractivity contribution in [2.24, 2.45) is 0 Å². The van der Waals surface area contributed by atoms with Crippen molar-refractivity contribution in [1.29, 1.82) is 0 Å². The number of imide groups is 1. The van der Waals surface area contributed by atoms with E-state index in [0.717, 1.165) is 36.1 Å². The van der Waals surface area contributed by atoms with Gasteiger partial charge in [0.05, 0.1) is 0 Å². The second-order valence-corrected chi connectivity index (χ2v) is 5.91. The fourth-order valence-electron chi connectivity index (χ4n) is 2.52. The molecule has 8 heteroatoms. The third kappa shape index (κ3) is 3.06. The van der Waals surface area contributed by atoms with Gasteiger partial charge in [-0.15, -0.1) is 0 Å². The molecule has 0 aliphatic carbocycles. The Morgan fingerprint density at radius 3 is 2.91 bits per heavy atom. The first-order chi connectivity index (χ1) is 10.7. The fourth-order valence-corrected chi connectivity index (χ4v) is 2.89. The van der Waals surface area contributed by atoms with Crippen LogP contribution in [-0.4, -0.2) is 38.8 Å². The molecule has 2 N–H and O–H groups in total. The Morgan fingerprint density at radius 2 is 2.18 bits per heavy atom. The summed E-state index contributed by atoms with van der Waals surface area (Å²) in [5, 5.41) is 5.63. The van der Waals surface area contributed by atoms with Gasteiger partial charge in [0.25, 0.3) is 5.91 Å². The van der Waals surface area contributed by atoms with E-state index in [1.54, 1.807) is 0 Å². The largest absolute Gasteiger partial charge is 0.331 e. The van der Waals surface area contributed by atoms with E-state index in [1.165, 1.54) is 11.8 Å². The highest BCUT2D eigenvalue weighted by molar-refractivity contribution is 7.98. The molecular weight excluding hydrogens is 302 g/mol. The lowest BCUT2D eigenvalue weighted by molar-refractivity contribution is -0.120. The van der Waals surface area contributed by atoms with Gasteiger partial charge in [-0.1, -0.05) is 11.8 Å². The molecule has 0 spiro atoms. The standard InChI is InChI=1S/C14H17N5O2S/c1-22-14-16-9-6-4-8-19(11(9)17-14)7-3-2-5-10-12(20)18-13(21)15-10/h4,6,8,10H,2-3,5,7H2,1H3,(H2,15,18,20,21)/t10-/m0/s1. The average molecular weight is 319 g/mol. The number of thioether (sulfide) groups is 1. The second kappa shape index (κ2) is 6.35. The van der Waals surface area contributed by atoms with Gasteiger partial charge in [-0.25, -0.2) is 14.8 Å². The van der Waals surface area contributed by atoms with Gasteiger partial charge in [-0.05, 0) is 37.7 Å². The molecule has 116 valence electrons. The quantitative estimate of drug-likeness (QED) is 0.478. The Labute approximate surface area is 132 Å². The molecule has 0 bridgehead atoms. The lowest BCUT2D eigenvalue weighted by Crippen LogP contribution is -2.28. The van der Waals surface area contributed by atoms with Gasteiger partial charge in [-0.3, -0.25) is 10.1 Å². The summed E-state index contributed by atoms with van der Waals surface area (Å²) in [5.74, 6) is 0.657. The number of rotatable bonds is 6. The first-order valence-electron chi connectivity index (χ1n) is 7.15. The maximum atomic E-state index is 11.4. The number of aromatic nitrogens is 3. The van der Waals surface area contributed by atoms with Gasteiger partial charge in [-0.2, -0.15) is 0 Å². The summed E-state index contributed by atoms with van der Waals surface area (Å²) in [7, 11) is 0. The zero-order chi connectivity index (χ0) is 15.5. The van der Waals surface area contributed by atoms with Gasteiger partial charge in [0.15, 0.2) is 11.0 Å². The highest BCUT2D eigenvalue weighted by atomic mass is 32.2. The summed E-state index contributed by atoms with van der Waals surface area (Å²) >= 11 is 1.53. The smallest absolute Gasteiger partial charge is 0.322 e. The molecule has 7 nitrogen and oxygen atoms in total. The Hall–Kier alpha value is -2.09. The van der Waals surface area contributed by atoms with Crippen LogP contribution in [0.1, 0.15) is 19.3 Å². The second-order valence-electron chi connectivity index (χ2n) is 5.13. The first kappa shape index (κ1) is 14.8. The topological polar surface area (TPSA) is 88.9 Å². The number of fused-ring (bicyclic) bond motifs is 1. The van der Waals surface area contributed by atoms with Gasteiger partial charge in [0.2, 0.25) is 0 Å². The fraction of sp³-hybridized carbons (Fsp3) is 0.429. The summed E-state index contributed by atoms with van der Waals surface area (Å²) in [6, 6.07) is 3.13. The van der Waals surface area contributed by atoms with Gasteiger partial charge in [0.1, 0.15) is 11.7 Å². The maximum Gasteiger partial charge on any atom is 0.322 e. The molecule has 0 radical (unpaired) electrons. The van der Waals surface area contributed by atoms with Gasteiger partial charge < -0.3 is 9.88 Å². The third-order valence-corrected chi connectivity index (χ3v) is 4.17. The lowest BCUT2D eigenvalue weighted by Gasteiger charge is -2.11. The van der Waals surface area contributed by atoms with Crippen LogP contribution >= 0.6 is 11.8 Å². The van der Waals surface area contributed by atoms with E-state index in [-0.39, 0.29) is 5.91 Å². The van der Waals surface area contributed by atoms with Crippen molar-refractivity contribution in [3.8, 4) is 11.5 Å². The van der Waals surface area contributed by atoms with E-state index in [1.807, 2.05) is 24.6 Å². The van der Waals surface area contributed by atoms with Crippen molar-refractivity contribution in [3.05, 3.63) is 18.3 Å². The monoisotopic (exact) mass is 319 g/mol. The molecule has 3 aliphatic heterocycles. The summed E-state index contributed by atoms with van der Waals surface area (Å²) in [6.07, 6.45) is 6.36. The van der Waals surface area contributed by atoms with Crippen LogP contribution < -0.4 is 10.6 Å². The van der Waals surface area contributed by atoms with Crippen LogP contribution in [0.3, 0.4) is 0 Å². The maximum absolute atomic E-state index is 11.4. The normalized spacial score (nSPS) is 17.8. The van der Waals surface area contributed by atoms with Crippen molar-refractivity contribution in [2.75, 3.05) is 6.26 Å². The Balaban J connectivity index is 1.55. The molecule has 0 aromatic rings. The number of hydrogen-bond donors (Lipinski definition) is 2. The molecule has 22 heavy (non-hydrogen) atoms. The molecule has 3 rings (SSSR count). The minimum absolute atomic E-state index is 0.230. The van der Waals surface area contributed by atoms with Crippen LogP contribution in [0, 0.1) is 0 Å². The van der Waals surface area contributed by atoms with Crippen molar-refractivity contribution in [3.63, 3.8) is 0 Å². The van der Waals surface area contributed by atoms with Crippen molar-refractivity contribution >= 4 is 23.7 Å². The minimum atomic E-state index is -0.397. The summed E-state index contributed by atoms with van der Waals surface area (Å²) in [5.41, 5.74) is 0.897. The Bertz CT molecular complexity index is 671. The van der Waals surface area contributed by atoms with Crippen LogP contribution in [-0.2, 0) is 11.3 Å². The summed E-state index contributed by atoms with van der Waals surface area (Å²) in [6.45, 7) is 0.812. The predicted molar refractivity (Wildman–Crippen MR) is 82.7 cm³/mol. The molecule has 3 aliphatic rings. The summed E-state index contributed by atoms with van der Waals surface area (Å²) < 4.78 is 2.08. The first-order valence-corrected chi connectivity index (χ1v) is 8.38. The van der Waals surface area contributed by atoms with Crippen molar-refractivity contribution in [2.45, 2.75) is 37.0 Å². The Kier molecular flexibility index (Phi) is 4.28. The molecule has 0 saturated carbocycles. The molecule has 1 atom stereocenters. The molecule has 0 aromatic carbocycles. The van der Waals surface area contributed by atoms with E-state index in [4.69, 9.17) is 0 Å². The van der Waals surface area contributed by atoms with E-state index in [0.29, 0.717) is 6.42 Å². The van der Waals surface area contributed by atoms with Crippen molar-refractivity contribution < 1.29 is 9.59 Å². The number of urea groups is 1. The molecule has 3 heterocycles. The average Bonchev–Trinajstić information content (AvgIpc) is 3.06. The number of pyridine rings is 1. The van der Waals surface area contributed by atoms with E-state index in [2.05, 4.69) is 25.2 Å². The molecule has 1 fully saturated rings. The molecule has 1 saturated heterocycles. The van der Waals surface area contributed by atoms with E-state index in [9.17, 15) is 9.59 Å².